The summed E-state index contributed by atoms with van der Waals surface area (Å²) in [5, 5.41) is 0. The van der Waals surface area contributed by atoms with Gasteiger partial charge in [0.15, 0.2) is 0 Å². The van der Waals surface area contributed by atoms with E-state index >= 15 is 0 Å². The van der Waals surface area contributed by atoms with Gasteiger partial charge >= 0.3 is 0 Å². The summed E-state index contributed by atoms with van der Waals surface area (Å²) in [6.45, 7) is 7.63. The smallest absolute Gasteiger partial charge is 0.0853 e. The van der Waals surface area contributed by atoms with Crippen molar-refractivity contribution >= 4 is 22.1 Å². The molecule has 26 heavy (non-hydrogen) atoms. The average molecular weight is 340 g/mol. The van der Waals surface area contributed by atoms with Gasteiger partial charge in [-0.25, -0.2) is 0 Å². The Morgan fingerprint density at radius 3 is 0.923 bits per heavy atom. The van der Waals surface area contributed by atoms with Crippen LogP contribution in [-0.4, -0.2) is 19.9 Å². The number of benzene rings is 2. The van der Waals surface area contributed by atoms with Gasteiger partial charge in [-0.3, -0.25) is 19.9 Å². The number of aromatic nitrogens is 4. The minimum Gasteiger partial charge on any atom is -0.427 e. The summed E-state index contributed by atoms with van der Waals surface area (Å²) in [5.41, 5.74) is 6.14. The third-order valence-electron chi connectivity index (χ3n) is 3.64. The lowest BCUT2D eigenvalue weighted by Crippen LogP contribution is -1.87. The molecule has 3 rings (SSSR count). The highest BCUT2D eigenvalue weighted by Crippen LogP contribution is 2.09. The summed E-state index contributed by atoms with van der Waals surface area (Å²) < 4.78 is 0. The van der Waals surface area contributed by atoms with Gasteiger partial charge < -0.3 is 12.1 Å². The molecule has 0 radical (unpaired) electrons. The third-order valence-corrected chi connectivity index (χ3v) is 3.64. The molecule has 0 aliphatic rings. The molecule has 1 heterocycles. The van der Waals surface area contributed by atoms with E-state index in [4.69, 9.17) is 0 Å². The number of rotatable bonds is 0. The fourth-order valence-corrected chi connectivity index (χ4v) is 2.66. The topological polar surface area (TPSA) is 51.6 Å². The van der Waals surface area contributed by atoms with E-state index < -0.39 is 0 Å². The number of aryl methyl sites for hydroxylation is 4. The maximum atomic E-state index is 4.65. The molecule has 0 saturated heterocycles. The SMILES string of the molecule is Cc1[c-]c(C)nc2ccccc2nc(C)[c-]c(C)nc2ccccc2n1. The van der Waals surface area contributed by atoms with Gasteiger partial charge in [0.2, 0.25) is 0 Å². The highest BCUT2D eigenvalue weighted by Gasteiger charge is 1.89. The van der Waals surface area contributed by atoms with Crippen molar-refractivity contribution in [3.05, 3.63) is 83.4 Å². The first-order valence-electron chi connectivity index (χ1n) is 8.44. The monoisotopic (exact) mass is 340 g/mol. The molecule has 0 fully saturated rings. The molecule has 130 valence electrons. The molecule has 0 spiro atoms. The number of fused-ring (bicyclic) bond motifs is 2. The molecule has 0 bridgehead atoms. The molecule has 3 aromatic rings. The molecule has 0 aliphatic carbocycles. The fourth-order valence-electron chi connectivity index (χ4n) is 2.66. The molecule has 0 unspecified atom stereocenters. The largest absolute Gasteiger partial charge is 0.427 e. The maximum absolute atomic E-state index is 4.65. The van der Waals surface area contributed by atoms with Crippen molar-refractivity contribution in [1.82, 2.24) is 19.9 Å². The predicted molar refractivity (Wildman–Crippen MR) is 105 cm³/mol. The molecule has 0 amide bonds. The van der Waals surface area contributed by atoms with E-state index in [2.05, 4.69) is 32.1 Å². The normalized spacial score (nSPS) is 10.3. The van der Waals surface area contributed by atoms with Crippen LogP contribution in [0.1, 0.15) is 22.8 Å². The molecule has 4 heteroatoms. The zero-order chi connectivity index (χ0) is 18.5. The van der Waals surface area contributed by atoms with Crippen LogP contribution in [0.3, 0.4) is 0 Å². The van der Waals surface area contributed by atoms with Gasteiger partial charge in [0, 0.05) is 0 Å². The Morgan fingerprint density at radius 2 is 0.692 bits per heavy atom. The molecule has 4 nitrogen and oxygen atoms in total. The van der Waals surface area contributed by atoms with E-state index in [0.717, 1.165) is 44.8 Å². The molecular formula is C22H20N4-2. The first-order valence-corrected chi connectivity index (χ1v) is 8.44. The van der Waals surface area contributed by atoms with Crippen LogP contribution in [-0.2, 0) is 0 Å². The minimum absolute atomic E-state index is 0.744. The Bertz CT molecular complexity index is 917. The van der Waals surface area contributed by atoms with Crippen molar-refractivity contribution in [3.8, 4) is 0 Å². The highest BCUT2D eigenvalue weighted by atomic mass is 14.8. The molecule has 0 saturated carbocycles. The van der Waals surface area contributed by atoms with E-state index in [1.165, 1.54) is 0 Å². The second-order valence-corrected chi connectivity index (χ2v) is 6.02. The summed E-state index contributed by atoms with van der Waals surface area (Å²) in [6.07, 6.45) is 0. The minimum atomic E-state index is 0.744. The van der Waals surface area contributed by atoms with Crippen molar-refractivity contribution in [2.75, 3.05) is 0 Å². The van der Waals surface area contributed by atoms with Crippen LogP contribution < -0.4 is 0 Å². The van der Waals surface area contributed by atoms with Crippen molar-refractivity contribution in [1.29, 1.82) is 0 Å². The lowest BCUT2D eigenvalue weighted by atomic mass is 10.3. The van der Waals surface area contributed by atoms with Crippen LogP contribution >= 0.6 is 0 Å². The summed E-state index contributed by atoms with van der Waals surface area (Å²) in [7, 11) is 0. The number of nitrogens with zero attached hydrogens (tertiary/aromatic N) is 4. The van der Waals surface area contributed by atoms with E-state index in [-0.39, 0.29) is 0 Å². The van der Waals surface area contributed by atoms with Gasteiger partial charge in [0.25, 0.3) is 0 Å². The van der Waals surface area contributed by atoms with Crippen LogP contribution in [0.15, 0.2) is 48.5 Å². The zero-order valence-electron chi connectivity index (χ0n) is 15.4. The Labute approximate surface area is 153 Å². The van der Waals surface area contributed by atoms with Gasteiger partial charge in [-0.2, -0.15) is 0 Å². The highest BCUT2D eigenvalue weighted by molar-refractivity contribution is 5.74. The van der Waals surface area contributed by atoms with Crippen LogP contribution in [0.5, 0.6) is 0 Å². The van der Waals surface area contributed by atoms with E-state index in [9.17, 15) is 0 Å². The van der Waals surface area contributed by atoms with Crippen molar-refractivity contribution in [2.45, 2.75) is 27.7 Å². The van der Waals surface area contributed by atoms with Gasteiger partial charge in [-0.05, 0) is 24.3 Å². The number of hydrogen-bond donors (Lipinski definition) is 0. The number of hydrogen-bond acceptors (Lipinski definition) is 4. The fraction of sp³-hybridized carbons (Fsp3) is 0.182. The summed E-state index contributed by atoms with van der Waals surface area (Å²) in [5.74, 6) is 0. The van der Waals surface area contributed by atoms with Crippen LogP contribution in [0, 0.1) is 39.8 Å². The van der Waals surface area contributed by atoms with Crippen LogP contribution in [0.25, 0.3) is 22.1 Å². The Morgan fingerprint density at radius 1 is 0.462 bits per heavy atom. The number of para-hydroxylation sites is 4. The molecule has 1 aromatic heterocycles. The zero-order valence-corrected chi connectivity index (χ0v) is 15.4. The summed E-state index contributed by atoms with van der Waals surface area (Å²) in [6, 6.07) is 22.0. The average Bonchev–Trinajstić information content (AvgIpc) is 2.57. The van der Waals surface area contributed by atoms with E-state index in [1.54, 1.807) is 0 Å². The standard InChI is InChI=1S/C22H20N4/c1-15-13-16(2)24-21-11-7-8-12-22(21)26-18(4)14-17(3)25-20-10-6-5-9-19(20)23-15/h5-12H,1-4H3/q-2. The second kappa shape index (κ2) is 7.83. The molecule has 0 N–H and O–H groups in total. The quantitative estimate of drug-likeness (QED) is 0.559. The van der Waals surface area contributed by atoms with Gasteiger partial charge in [-0.15, -0.1) is 22.8 Å². The molecular weight excluding hydrogens is 320 g/mol. The van der Waals surface area contributed by atoms with E-state index in [0.29, 0.717) is 0 Å². The van der Waals surface area contributed by atoms with Crippen molar-refractivity contribution in [2.24, 2.45) is 0 Å². The van der Waals surface area contributed by atoms with Crippen LogP contribution in [0.2, 0.25) is 0 Å². The van der Waals surface area contributed by atoms with Crippen molar-refractivity contribution in [3.63, 3.8) is 0 Å². The lowest BCUT2D eigenvalue weighted by molar-refractivity contribution is 1.16. The van der Waals surface area contributed by atoms with E-state index in [1.807, 2.05) is 76.2 Å². The summed E-state index contributed by atoms with van der Waals surface area (Å²) >= 11 is 0. The molecule has 0 atom stereocenters. The summed E-state index contributed by atoms with van der Waals surface area (Å²) in [4.78, 5) is 18.6. The Kier molecular flexibility index (Phi) is 5.32. The first kappa shape index (κ1) is 17.7. The van der Waals surface area contributed by atoms with Gasteiger partial charge in [0.05, 0.1) is 22.1 Å². The Balaban J connectivity index is 2.48. The van der Waals surface area contributed by atoms with Crippen LogP contribution in [0.4, 0.5) is 0 Å². The van der Waals surface area contributed by atoms with Crippen molar-refractivity contribution < 1.29 is 0 Å². The second-order valence-electron chi connectivity index (χ2n) is 6.02. The molecule has 2 aromatic carbocycles. The van der Waals surface area contributed by atoms with Gasteiger partial charge in [-0.1, -0.05) is 52.0 Å². The Hall–Kier alpha value is -3.14. The lowest BCUT2D eigenvalue weighted by Gasteiger charge is -2.08. The predicted octanol–water partition coefficient (Wildman–Crippen LogP) is 4.66. The molecule has 0 aliphatic heterocycles. The third kappa shape index (κ3) is 4.48. The van der Waals surface area contributed by atoms with Gasteiger partial charge in [0.1, 0.15) is 0 Å². The maximum Gasteiger partial charge on any atom is 0.0853 e. The first-order chi connectivity index (χ1) is 12.5.